The van der Waals surface area contributed by atoms with Gasteiger partial charge in [-0.05, 0) is 38.7 Å². The highest BCUT2D eigenvalue weighted by atomic mass is 16.5. The zero-order chi connectivity index (χ0) is 22.2. The van der Waals surface area contributed by atoms with E-state index in [-0.39, 0.29) is 5.91 Å². The topological polar surface area (TPSA) is 94.2 Å². The van der Waals surface area contributed by atoms with Crippen molar-refractivity contribution in [2.45, 2.75) is 19.5 Å². The van der Waals surface area contributed by atoms with Crippen LogP contribution in [-0.4, -0.2) is 49.2 Å². The molecule has 1 amide bonds. The molecule has 0 unspecified atom stereocenters. The Morgan fingerprint density at radius 2 is 1.94 bits per heavy atom. The molecule has 0 aliphatic rings. The number of nitriles is 1. The third-order valence-corrected chi connectivity index (χ3v) is 4.78. The van der Waals surface area contributed by atoms with Crippen LogP contribution in [0.25, 0.3) is 22.6 Å². The van der Waals surface area contributed by atoms with Gasteiger partial charge in [0.2, 0.25) is 0 Å². The van der Waals surface area contributed by atoms with Crippen molar-refractivity contribution in [1.29, 1.82) is 5.26 Å². The number of hydrogen-bond acceptors (Lipinski definition) is 6. The molecular weight excluding hydrogens is 390 g/mol. The molecule has 0 saturated carbocycles. The Balaban J connectivity index is 1.67. The van der Waals surface area contributed by atoms with Crippen LogP contribution in [0.2, 0.25) is 0 Å². The smallest absolute Gasteiger partial charge is 0.252 e. The molecule has 2 aromatic carbocycles. The first-order valence-electron chi connectivity index (χ1n) is 10.2. The van der Waals surface area contributed by atoms with Gasteiger partial charge in [-0.2, -0.15) is 5.26 Å². The Kier molecular flexibility index (Phi) is 7.55. The maximum Gasteiger partial charge on any atom is 0.252 e. The summed E-state index contributed by atoms with van der Waals surface area (Å²) in [4.78, 5) is 14.4. The minimum atomic E-state index is -0.555. The van der Waals surface area contributed by atoms with E-state index >= 15 is 0 Å². The first-order chi connectivity index (χ1) is 15.0. The number of nitrogens with zero attached hydrogens (tertiary/aromatic N) is 3. The summed E-state index contributed by atoms with van der Waals surface area (Å²) in [5, 5.41) is 19.1. The van der Waals surface area contributed by atoms with Crippen LogP contribution in [0, 0.1) is 11.3 Å². The summed E-state index contributed by atoms with van der Waals surface area (Å²) in [5.74, 6) is 0.365. The lowest BCUT2D eigenvalue weighted by molar-refractivity contribution is 0.0948. The Labute approximate surface area is 182 Å². The molecule has 1 aromatic heterocycles. The standard InChI is InChI=1S/C24H27N5O2/c1-17(15-25)27-24(30)21-6-4-5-20(13-21)22-14-23(31-28-22)19-9-7-18(8-10-19)16-26-11-12-29(2)3/h4-10,13-14,17,26H,11-12,16H2,1-3H3,(H,27,30)/t17-/m1/s1. The SMILES string of the molecule is C[C@H](C#N)NC(=O)c1cccc(-c2cc(-c3ccc(CNCCN(C)C)cc3)on2)c1. The van der Waals surface area contributed by atoms with Crippen LogP contribution in [0.5, 0.6) is 0 Å². The monoisotopic (exact) mass is 417 g/mol. The third kappa shape index (κ3) is 6.25. The number of carbonyl (C=O) groups excluding carboxylic acids is 1. The van der Waals surface area contributed by atoms with E-state index < -0.39 is 6.04 Å². The van der Waals surface area contributed by atoms with Crippen LogP contribution < -0.4 is 10.6 Å². The van der Waals surface area contributed by atoms with E-state index in [0.29, 0.717) is 17.0 Å². The van der Waals surface area contributed by atoms with Crippen LogP contribution in [0.4, 0.5) is 0 Å². The van der Waals surface area contributed by atoms with Crippen LogP contribution in [-0.2, 0) is 6.54 Å². The molecule has 0 fully saturated rings. The van der Waals surface area contributed by atoms with Crippen molar-refractivity contribution in [2.24, 2.45) is 0 Å². The van der Waals surface area contributed by atoms with Crippen LogP contribution in [0.3, 0.4) is 0 Å². The quantitative estimate of drug-likeness (QED) is 0.519. The van der Waals surface area contributed by atoms with Crippen molar-refractivity contribution in [3.05, 3.63) is 65.7 Å². The summed E-state index contributed by atoms with van der Waals surface area (Å²) in [6.45, 7) is 4.39. The first kappa shape index (κ1) is 22.2. The summed E-state index contributed by atoms with van der Waals surface area (Å²) in [6, 6.07) is 18.6. The van der Waals surface area contributed by atoms with Gasteiger partial charge in [0.15, 0.2) is 5.76 Å². The summed E-state index contributed by atoms with van der Waals surface area (Å²) in [5.41, 5.74) is 4.02. The van der Waals surface area contributed by atoms with Gasteiger partial charge in [-0.25, -0.2) is 0 Å². The van der Waals surface area contributed by atoms with E-state index in [0.717, 1.165) is 30.8 Å². The molecule has 0 saturated heterocycles. The second-order valence-electron chi connectivity index (χ2n) is 7.66. The minimum absolute atomic E-state index is 0.297. The molecule has 0 spiro atoms. The van der Waals surface area contributed by atoms with Crippen molar-refractivity contribution in [3.8, 4) is 28.7 Å². The van der Waals surface area contributed by atoms with E-state index in [9.17, 15) is 4.79 Å². The first-order valence-corrected chi connectivity index (χ1v) is 10.2. The molecule has 160 valence electrons. The predicted octanol–water partition coefficient (Wildman–Crippen LogP) is 3.30. The predicted molar refractivity (Wildman–Crippen MR) is 120 cm³/mol. The van der Waals surface area contributed by atoms with Crippen molar-refractivity contribution >= 4 is 5.91 Å². The Morgan fingerprint density at radius 3 is 2.65 bits per heavy atom. The van der Waals surface area contributed by atoms with E-state index in [2.05, 4.69) is 46.9 Å². The number of carbonyl (C=O) groups is 1. The number of benzene rings is 2. The molecular formula is C24H27N5O2. The number of hydrogen-bond donors (Lipinski definition) is 2. The van der Waals surface area contributed by atoms with Gasteiger partial charge in [-0.3, -0.25) is 4.79 Å². The van der Waals surface area contributed by atoms with Gasteiger partial charge >= 0.3 is 0 Å². The number of aromatic nitrogens is 1. The van der Waals surface area contributed by atoms with Gasteiger partial charge in [0.05, 0.1) is 6.07 Å². The molecule has 3 rings (SSSR count). The molecule has 3 aromatic rings. The minimum Gasteiger partial charge on any atom is -0.356 e. The average Bonchev–Trinajstić information content (AvgIpc) is 3.27. The summed E-state index contributed by atoms with van der Waals surface area (Å²) in [6.07, 6.45) is 0. The molecule has 1 heterocycles. The molecule has 2 N–H and O–H groups in total. The maximum absolute atomic E-state index is 12.3. The van der Waals surface area contributed by atoms with Gasteiger partial charge < -0.3 is 20.1 Å². The fraction of sp³-hybridized carbons (Fsp3) is 0.292. The lowest BCUT2D eigenvalue weighted by atomic mass is 10.1. The Bertz CT molecular complexity index is 1050. The fourth-order valence-electron chi connectivity index (χ4n) is 3.00. The second-order valence-corrected chi connectivity index (χ2v) is 7.66. The number of rotatable bonds is 9. The number of nitrogens with one attached hydrogen (secondary N) is 2. The zero-order valence-electron chi connectivity index (χ0n) is 18.1. The van der Waals surface area contributed by atoms with E-state index in [1.807, 2.05) is 30.3 Å². The van der Waals surface area contributed by atoms with Crippen LogP contribution >= 0.6 is 0 Å². The van der Waals surface area contributed by atoms with Gasteiger partial charge in [-0.1, -0.05) is 41.6 Å². The normalized spacial score (nSPS) is 11.8. The highest BCUT2D eigenvalue weighted by molar-refractivity contribution is 5.95. The zero-order valence-corrected chi connectivity index (χ0v) is 18.1. The summed E-state index contributed by atoms with van der Waals surface area (Å²) in [7, 11) is 4.12. The summed E-state index contributed by atoms with van der Waals surface area (Å²) < 4.78 is 5.54. The van der Waals surface area contributed by atoms with Gasteiger partial charge in [0.25, 0.3) is 5.91 Å². The van der Waals surface area contributed by atoms with Gasteiger partial charge in [0.1, 0.15) is 11.7 Å². The fourth-order valence-corrected chi connectivity index (χ4v) is 3.00. The third-order valence-electron chi connectivity index (χ3n) is 4.78. The lowest BCUT2D eigenvalue weighted by Crippen LogP contribution is -2.31. The van der Waals surface area contributed by atoms with Crippen molar-refractivity contribution in [3.63, 3.8) is 0 Å². The van der Waals surface area contributed by atoms with E-state index in [4.69, 9.17) is 9.78 Å². The number of likely N-dealkylation sites (N-methyl/N-ethyl adjacent to an activating group) is 1. The molecule has 7 heteroatoms. The van der Waals surface area contributed by atoms with Gasteiger partial charge in [-0.15, -0.1) is 0 Å². The molecule has 0 bridgehead atoms. The van der Waals surface area contributed by atoms with Crippen molar-refractivity contribution < 1.29 is 9.32 Å². The highest BCUT2D eigenvalue weighted by Gasteiger charge is 2.13. The molecule has 7 nitrogen and oxygen atoms in total. The van der Waals surface area contributed by atoms with Crippen LogP contribution in [0.15, 0.2) is 59.1 Å². The maximum atomic E-state index is 12.3. The van der Waals surface area contributed by atoms with Crippen LogP contribution in [0.1, 0.15) is 22.8 Å². The van der Waals surface area contributed by atoms with Gasteiger partial charge in [0, 0.05) is 42.4 Å². The largest absolute Gasteiger partial charge is 0.356 e. The molecule has 0 aliphatic carbocycles. The Morgan fingerprint density at radius 1 is 1.16 bits per heavy atom. The average molecular weight is 418 g/mol. The van der Waals surface area contributed by atoms with Crippen molar-refractivity contribution in [2.75, 3.05) is 27.2 Å². The molecule has 1 atom stereocenters. The number of amides is 1. The highest BCUT2D eigenvalue weighted by Crippen LogP contribution is 2.26. The second kappa shape index (κ2) is 10.5. The lowest BCUT2D eigenvalue weighted by Gasteiger charge is -2.10. The molecule has 31 heavy (non-hydrogen) atoms. The van der Waals surface area contributed by atoms with Crippen molar-refractivity contribution in [1.82, 2.24) is 20.7 Å². The molecule has 0 radical (unpaired) electrons. The Hall–Kier alpha value is -3.47. The summed E-state index contributed by atoms with van der Waals surface area (Å²) >= 11 is 0. The van der Waals surface area contributed by atoms with E-state index in [1.54, 1.807) is 25.1 Å². The molecule has 0 aliphatic heterocycles. The van der Waals surface area contributed by atoms with E-state index in [1.165, 1.54) is 5.56 Å².